The van der Waals surface area contributed by atoms with Crippen molar-refractivity contribution in [2.24, 2.45) is 5.16 Å². The lowest BCUT2D eigenvalue weighted by Crippen LogP contribution is -2.44. The lowest BCUT2D eigenvalue weighted by molar-refractivity contribution is -0.275. The molecule has 0 aromatic heterocycles. The molecule has 39 heavy (non-hydrogen) atoms. The standard InChI is InChI=1S/C23H16Cl3F6N3O4/c1-10-4-11(2-3-13(10)19(36)33-17-8-38-35(20(17)37)9-22(27,28)29)16-7-21(39-34-16,23(30,31)32)12-5-14(24)18(26)15(25)6-12/h2-6,17H,7-9H2,1H3,(H,33,36)/t17-,21?/m1/s1. The molecular formula is C23H16Cl3F6N3O4. The molecule has 2 aliphatic heterocycles. The van der Waals surface area contributed by atoms with E-state index in [2.05, 4.69) is 10.5 Å². The first kappa shape index (κ1) is 29.2. The average molecular weight is 619 g/mol. The Morgan fingerprint density at radius 3 is 2.33 bits per heavy atom. The van der Waals surface area contributed by atoms with Gasteiger partial charge < -0.3 is 10.2 Å². The van der Waals surface area contributed by atoms with Crippen LogP contribution in [0.1, 0.15) is 33.5 Å². The number of oxime groups is 1. The van der Waals surface area contributed by atoms with Gasteiger partial charge in [0.2, 0.25) is 0 Å². The second-order valence-electron chi connectivity index (χ2n) is 8.73. The molecule has 2 amide bonds. The van der Waals surface area contributed by atoms with E-state index >= 15 is 0 Å². The van der Waals surface area contributed by atoms with Crippen LogP contribution in [0.4, 0.5) is 26.3 Å². The van der Waals surface area contributed by atoms with Gasteiger partial charge in [-0.3, -0.25) is 14.4 Å². The van der Waals surface area contributed by atoms with E-state index in [1.165, 1.54) is 25.1 Å². The van der Waals surface area contributed by atoms with Gasteiger partial charge in [-0.05, 0) is 42.3 Å². The highest BCUT2D eigenvalue weighted by Gasteiger charge is 2.62. The van der Waals surface area contributed by atoms with Crippen LogP contribution in [0.3, 0.4) is 0 Å². The fourth-order valence-corrected chi connectivity index (χ4v) is 4.64. The summed E-state index contributed by atoms with van der Waals surface area (Å²) in [5, 5.41) is 5.52. The van der Waals surface area contributed by atoms with Crippen LogP contribution in [0, 0.1) is 6.92 Å². The van der Waals surface area contributed by atoms with E-state index < -0.39 is 60.9 Å². The highest BCUT2D eigenvalue weighted by molar-refractivity contribution is 6.48. The van der Waals surface area contributed by atoms with Gasteiger partial charge >= 0.3 is 12.4 Å². The van der Waals surface area contributed by atoms with E-state index in [9.17, 15) is 35.9 Å². The second-order valence-corrected chi connectivity index (χ2v) is 9.92. The maximum absolute atomic E-state index is 14.3. The lowest BCUT2D eigenvalue weighted by Gasteiger charge is -2.30. The first-order valence-corrected chi connectivity index (χ1v) is 12.1. The van der Waals surface area contributed by atoms with E-state index in [-0.39, 0.29) is 42.5 Å². The molecule has 0 aliphatic carbocycles. The predicted molar refractivity (Wildman–Crippen MR) is 128 cm³/mol. The molecule has 7 nitrogen and oxygen atoms in total. The maximum Gasteiger partial charge on any atom is 0.435 e. The molecule has 2 aromatic carbocycles. The Kier molecular flexibility index (Phi) is 7.76. The van der Waals surface area contributed by atoms with Crippen molar-refractivity contribution in [1.29, 1.82) is 0 Å². The normalized spacial score (nSPS) is 21.7. The molecule has 1 N–H and O–H groups in total. The van der Waals surface area contributed by atoms with Crippen molar-refractivity contribution in [2.45, 2.75) is 37.3 Å². The summed E-state index contributed by atoms with van der Waals surface area (Å²) in [6.45, 7) is -0.651. The minimum absolute atomic E-state index is 0.0266. The van der Waals surface area contributed by atoms with E-state index in [0.717, 1.165) is 12.1 Å². The minimum atomic E-state index is -4.94. The summed E-state index contributed by atoms with van der Waals surface area (Å²) in [6, 6.07) is 4.61. The smallest absolute Gasteiger partial charge is 0.374 e. The summed E-state index contributed by atoms with van der Waals surface area (Å²) in [7, 11) is 0. The number of nitrogens with zero attached hydrogens (tertiary/aromatic N) is 2. The summed E-state index contributed by atoms with van der Waals surface area (Å²) in [5.74, 6) is -1.87. The van der Waals surface area contributed by atoms with Gasteiger partial charge in [-0.15, -0.1) is 0 Å². The van der Waals surface area contributed by atoms with Gasteiger partial charge in [0.1, 0.15) is 19.2 Å². The summed E-state index contributed by atoms with van der Waals surface area (Å²) < 4.78 is 80.5. The second kappa shape index (κ2) is 10.3. The summed E-state index contributed by atoms with van der Waals surface area (Å²) >= 11 is 17.8. The van der Waals surface area contributed by atoms with Crippen molar-refractivity contribution < 1.29 is 45.6 Å². The van der Waals surface area contributed by atoms with Gasteiger partial charge in [0, 0.05) is 17.5 Å². The van der Waals surface area contributed by atoms with Crippen molar-refractivity contribution in [3.63, 3.8) is 0 Å². The number of hydrogen-bond donors (Lipinski definition) is 1. The molecule has 210 valence electrons. The number of carbonyl (C=O) groups excluding carboxylic acids is 2. The van der Waals surface area contributed by atoms with Gasteiger partial charge in [-0.2, -0.15) is 26.3 Å². The zero-order valence-electron chi connectivity index (χ0n) is 19.5. The van der Waals surface area contributed by atoms with E-state index in [4.69, 9.17) is 44.5 Å². The molecule has 1 saturated heterocycles. The summed E-state index contributed by atoms with van der Waals surface area (Å²) in [6.07, 6.45) is -10.4. The fourth-order valence-electron chi connectivity index (χ4n) is 4.04. The summed E-state index contributed by atoms with van der Waals surface area (Å²) in [5.41, 5.74) is -2.89. The minimum Gasteiger partial charge on any atom is -0.374 e. The third kappa shape index (κ3) is 5.76. The Bertz CT molecular complexity index is 1340. The van der Waals surface area contributed by atoms with Gasteiger partial charge in [0.15, 0.2) is 0 Å². The van der Waals surface area contributed by atoms with Gasteiger partial charge in [-0.25, -0.2) is 5.06 Å². The van der Waals surface area contributed by atoms with Crippen LogP contribution in [0.15, 0.2) is 35.5 Å². The van der Waals surface area contributed by atoms with Gasteiger partial charge in [0.05, 0.1) is 20.8 Å². The predicted octanol–water partition coefficient (Wildman–Crippen LogP) is 5.97. The molecule has 0 spiro atoms. The molecule has 2 heterocycles. The number of benzene rings is 2. The van der Waals surface area contributed by atoms with Crippen LogP contribution in [-0.2, 0) is 20.1 Å². The molecule has 1 unspecified atom stereocenters. The fraction of sp³-hybridized carbons (Fsp3) is 0.348. The number of amides is 2. The SMILES string of the molecule is Cc1cc(C2=NOC(c3cc(Cl)c(Cl)c(Cl)c3)(C(F)(F)F)C2)ccc1C(=O)N[C@@H]1CON(CC(F)(F)F)C1=O. The first-order chi connectivity index (χ1) is 18.0. The molecule has 4 rings (SSSR count). The van der Waals surface area contributed by atoms with Crippen LogP contribution >= 0.6 is 34.8 Å². The summed E-state index contributed by atoms with van der Waals surface area (Å²) in [4.78, 5) is 34.5. The Balaban J connectivity index is 1.52. The van der Waals surface area contributed by atoms with Gasteiger partial charge in [-0.1, -0.05) is 46.0 Å². The number of nitrogens with one attached hydrogen (secondary N) is 1. The molecule has 0 saturated carbocycles. The lowest BCUT2D eigenvalue weighted by atomic mass is 9.86. The molecule has 0 bridgehead atoms. The van der Waals surface area contributed by atoms with Crippen molar-refractivity contribution in [2.75, 3.05) is 13.2 Å². The van der Waals surface area contributed by atoms with Crippen LogP contribution in [0.2, 0.25) is 15.1 Å². The average Bonchev–Trinajstić information content (AvgIpc) is 3.42. The third-order valence-corrected chi connectivity index (χ3v) is 7.21. The Morgan fingerprint density at radius 1 is 1.13 bits per heavy atom. The van der Waals surface area contributed by atoms with E-state index in [1.807, 2.05) is 0 Å². The van der Waals surface area contributed by atoms with Gasteiger partial charge in [0.25, 0.3) is 17.4 Å². The van der Waals surface area contributed by atoms with Crippen molar-refractivity contribution in [3.05, 3.63) is 67.7 Å². The van der Waals surface area contributed by atoms with Crippen molar-refractivity contribution >= 4 is 52.3 Å². The Hall–Kier alpha value is -2.74. The number of aryl methyl sites for hydroxylation is 1. The highest BCUT2D eigenvalue weighted by Crippen LogP contribution is 2.50. The third-order valence-electron chi connectivity index (χ3n) is 6.01. The number of carbonyl (C=O) groups is 2. The van der Waals surface area contributed by atoms with E-state index in [1.54, 1.807) is 0 Å². The zero-order valence-corrected chi connectivity index (χ0v) is 21.8. The van der Waals surface area contributed by atoms with Crippen molar-refractivity contribution in [3.8, 4) is 0 Å². The van der Waals surface area contributed by atoms with E-state index in [0.29, 0.717) is 0 Å². The molecule has 2 aromatic rings. The number of rotatable bonds is 5. The highest BCUT2D eigenvalue weighted by atomic mass is 35.5. The molecule has 0 radical (unpaired) electrons. The molecule has 1 fully saturated rings. The topological polar surface area (TPSA) is 80.2 Å². The maximum atomic E-state index is 14.3. The molecule has 2 atom stereocenters. The van der Waals surface area contributed by atoms with Crippen molar-refractivity contribution in [1.82, 2.24) is 10.4 Å². The zero-order chi connectivity index (χ0) is 28.9. The van der Waals surface area contributed by atoms with Crippen LogP contribution in [0.25, 0.3) is 0 Å². The first-order valence-electron chi connectivity index (χ1n) is 10.9. The number of hydroxylamine groups is 2. The van der Waals surface area contributed by atoms with Crippen LogP contribution in [0.5, 0.6) is 0 Å². The molecular weight excluding hydrogens is 603 g/mol. The van der Waals surface area contributed by atoms with Crippen LogP contribution < -0.4 is 5.32 Å². The molecule has 16 heteroatoms. The quantitative estimate of drug-likeness (QED) is 0.331. The monoisotopic (exact) mass is 617 g/mol. The largest absolute Gasteiger partial charge is 0.435 e. The molecule has 2 aliphatic rings. The number of hydrogen-bond acceptors (Lipinski definition) is 5. The Morgan fingerprint density at radius 2 is 1.77 bits per heavy atom. The number of alkyl halides is 6. The number of halogens is 9. The Labute approximate surface area is 231 Å². The van der Waals surface area contributed by atoms with Crippen LogP contribution in [-0.4, -0.2) is 54.1 Å².